The van der Waals surface area contributed by atoms with Crippen molar-refractivity contribution in [3.63, 3.8) is 0 Å². The molecule has 128 valence electrons. The Hall–Kier alpha value is -2.42. The van der Waals surface area contributed by atoms with E-state index in [9.17, 15) is 4.79 Å². The van der Waals surface area contributed by atoms with Gasteiger partial charge in [-0.05, 0) is 44.0 Å². The zero-order valence-corrected chi connectivity index (χ0v) is 14.9. The molecule has 3 rings (SSSR count). The first-order chi connectivity index (χ1) is 12.0. The summed E-state index contributed by atoms with van der Waals surface area (Å²) in [5.41, 5.74) is 0.888. The lowest BCUT2D eigenvalue weighted by molar-refractivity contribution is -0.0376. The Bertz CT molecular complexity index is 855. The van der Waals surface area contributed by atoms with Crippen LogP contribution in [0.2, 0.25) is 5.02 Å². The maximum Gasteiger partial charge on any atom is 0.292 e. The fraction of sp³-hybridized carbons (Fsp3) is 0.316. The molecule has 1 aliphatic heterocycles. The van der Waals surface area contributed by atoms with Gasteiger partial charge in [-0.2, -0.15) is 0 Å². The van der Waals surface area contributed by atoms with Gasteiger partial charge < -0.3 is 9.64 Å². The van der Waals surface area contributed by atoms with Crippen molar-refractivity contribution in [1.29, 1.82) is 0 Å². The lowest BCUT2D eigenvalue weighted by atomic mass is 10.0. The summed E-state index contributed by atoms with van der Waals surface area (Å²) in [7, 11) is 0. The van der Waals surface area contributed by atoms with Crippen LogP contribution in [0.25, 0.3) is 0 Å². The largest absolute Gasteiger partial charge is 0.377 e. The first kappa shape index (κ1) is 17.4. The normalized spacial score (nSPS) is 16.0. The molecule has 2 heterocycles. The van der Waals surface area contributed by atoms with Crippen LogP contribution in [0.1, 0.15) is 35.7 Å². The van der Waals surface area contributed by atoms with Crippen molar-refractivity contribution in [2.75, 3.05) is 19.8 Å². The Kier molecular flexibility index (Phi) is 5.03. The Morgan fingerprint density at radius 3 is 2.92 bits per heavy atom. The number of carbonyl (C=O) groups excluding carboxylic acids is 1. The third kappa shape index (κ3) is 4.16. The molecule has 0 unspecified atom stereocenters. The van der Waals surface area contributed by atoms with Crippen LogP contribution < -0.4 is 0 Å². The summed E-state index contributed by atoms with van der Waals surface area (Å²) in [6.07, 6.45) is 1.55. The number of carbonyl (C=O) groups is 1. The average molecular weight is 356 g/mol. The van der Waals surface area contributed by atoms with Gasteiger partial charge in [0.1, 0.15) is 5.69 Å². The molecular weight excluding hydrogens is 338 g/mol. The van der Waals surface area contributed by atoms with E-state index in [1.165, 1.54) is 0 Å². The molecule has 0 saturated carbocycles. The van der Waals surface area contributed by atoms with Gasteiger partial charge in [-0.1, -0.05) is 23.6 Å². The summed E-state index contributed by atoms with van der Waals surface area (Å²) in [4.78, 5) is 22.9. The molecule has 25 heavy (non-hydrogen) atoms. The highest BCUT2D eigenvalue weighted by atomic mass is 35.5. The quantitative estimate of drug-likeness (QED) is 0.738. The van der Waals surface area contributed by atoms with Crippen LogP contribution in [-0.4, -0.2) is 46.1 Å². The first-order valence-electron chi connectivity index (χ1n) is 7.96. The number of ether oxygens (including phenoxy) is 1. The highest BCUT2D eigenvalue weighted by Gasteiger charge is 2.35. The van der Waals surface area contributed by atoms with Gasteiger partial charge in [0.05, 0.1) is 18.8 Å². The second kappa shape index (κ2) is 7.22. The third-order valence-corrected chi connectivity index (χ3v) is 4.13. The van der Waals surface area contributed by atoms with Crippen LogP contribution in [0.5, 0.6) is 0 Å². The molecule has 0 atom stereocenters. The standard InChI is InChI=1S/C19H18ClN3O2/c1-19(2)13-25-11-10-23(19)18(24)17-21-9-8-16(22-17)7-6-14-4-3-5-15(20)12-14/h3-5,8-9,12H,10-11,13H2,1-2H3. The predicted octanol–water partition coefficient (Wildman–Crippen LogP) is 2.78. The maximum atomic E-state index is 12.8. The van der Waals surface area contributed by atoms with Crippen molar-refractivity contribution in [1.82, 2.24) is 14.9 Å². The van der Waals surface area contributed by atoms with Gasteiger partial charge in [0.2, 0.25) is 5.82 Å². The van der Waals surface area contributed by atoms with Gasteiger partial charge in [-0.3, -0.25) is 4.79 Å². The number of hydrogen-bond acceptors (Lipinski definition) is 4. The highest BCUT2D eigenvalue weighted by molar-refractivity contribution is 6.30. The van der Waals surface area contributed by atoms with Gasteiger partial charge in [-0.25, -0.2) is 9.97 Å². The molecule has 0 aliphatic carbocycles. The monoisotopic (exact) mass is 355 g/mol. The molecule has 5 nitrogen and oxygen atoms in total. The van der Waals surface area contributed by atoms with E-state index in [4.69, 9.17) is 16.3 Å². The Morgan fingerprint density at radius 2 is 2.16 bits per heavy atom. The van der Waals surface area contributed by atoms with E-state index in [0.717, 1.165) is 5.56 Å². The van der Waals surface area contributed by atoms with Gasteiger partial charge in [0, 0.05) is 23.3 Å². The number of halogens is 1. The summed E-state index contributed by atoms with van der Waals surface area (Å²) in [5, 5.41) is 0.625. The van der Waals surface area contributed by atoms with Crippen molar-refractivity contribution in [2.45, 2.75) is 19.4 Å². The molecule has 0 radical (unpaired) electrons. The zero-order valence-electron chi connectivity index (χ0n) is 14.1. The number of hydrogen-bond donors (Lipinski definition) is 0. The Morgan fingerprint density at radius 1 is 1.32 bits per heavy atom. The number of morpholine rings is 1. The summed E-state index contributed by atoms with van der Waals surface area (Å²) in [5.74, 6) is 5.88. The van der Waals surface area contributed by atoms with Crippen molar-refractivity contribution in [2.24, 2.45) is 0 Å². The molecule has 6 heteroatoms. The first-order valence-corrected chi connectivity index (χ1v) is 8.34. The highest BCUT2D eigenvalue weighted by Crippen LogP contribution is 2.20. The molecule has 1 aromatic heterocycles. The van der Waals surface area contributed by atoms with Gasteiger partial charge in [0.15, 0.2) is 0 Å². The van der Waals surface area contributed by atoms with E-state index in [0.29, 0.717) is 30.5 Å². The molecule has 1 amide bonds. The Balaban J connectivity index is 1.83. The topological polar surface area (TPSA) is 55.3 Å². The van der Waals surface area contributed by atoms with Crippen molar-refractivity contribution >= 4 is 17.5 Å². The number of aromatic nitrogens is 2. The molecule has 1 aliphatic rings. The summed E-state index contributed by atoms with van der Waals surface area (Å²) in [6.45, 7) is 5.46. The van der Waals surface area contributed by atoms with E-state index >= 15 is 0 Å². The van der Waals surface area contributed by atoms with E-state index < -0.39 is 0 Å². The Labute approximate surface area is 152 Å². The molecule has 0 spiro atoms. The smallest absolute Gasteiger partial charge is 0.292 e. The van der Waals surface area contributed by atoms with Crippen LogP contribution in [0.3, 0.4) is 0 Å². The van der Waals surface area contributed by atoms with Crippen molar-refractivity contribution < 1.29 is 9.53 Å². The summed E-state index contributed by atoms with van der Waals surface area (Å²) < 4.78 is 5.45. The second-order valence-electron chi connectivity index (χ2n) is 6.35. The number of benzene rings is 1. The fourth-order valence-electron chi connectivity index (χ4n) is 2.59. The maximum absolute atomic E-state index is 12.8. The minimum atomic E-state index is -0.388. The fourth-order valence-corrected chi connectivity index (χ4v) is 2.78. The van der Waals surface area contributed by atoms with Crippen LogP contribution in [0, 0.1) is 11.8 Å². The van der Waals surface area contributed by atoms with Gasteiger partial charge in [0.25, 0.3) is 5.91 Å². The molecule has 1 fully saturated rings. The van der Waals surface area contributed by atoms with Crippen molar-refractivity contribution in [3.05, 3.63) is 58.6 Å². The molecule has 1 saturated heterocycles. The van der Waals surface area contributed by atoms with Crippen molar-refractivity contribution in [3.8, 4) is 11.8 Å². The van der Waals surface area contributed by atoms with E-state index in [-0.39, 0.29) is 17.3 Å². The predicted molar refractivity (Wildman–Crippen MR) is 95.4 cm³/mol. The molecule has 0 N–H and O–H groups in total. The SMILES string of the molecule is CC1(C)COCCN1C(=O)c1nccc(C#Cc2cccc(Cl)c2)n1. The molecule has 0 bridgehead atoms. The molecule has 1 aromatic carbocycles. The summed E-state index contributed by atoms with van der Waals surface area (Å²) >= 11 is 5.95. The minimum Gasteiger partial charge on any atom is -0.377 e. The molecule has 2 aromatic rings. The van der Waals surface area contributed by atoms with Gasteiger partial charge in [-0.15, -0.1) is 0 Å². The second-order valence-corrected chi connectivity index (χ2v) is 6.78. The van der Waals surface area contributed by atoms with E-state index in [1.807, 2.05) is 26.0 Å². The minimum absolute atomic E-state index is 0.146. The van der Waals surface area contributed by atoms with E-state index in [1.54, 1.807) is 29.3 Å². The van der Waals surface area contributed by atoms with E-state index in [2.05, 4.69) is 21.8 Å². The lowest BCUT2D eigenvalue weighted by Crippen LogP contribution is -2.55. The lowest BCUT2D eigenvalue weighted by Gasteiger charge is -2.41. The summed E-state index contributed by atoms with van der Waals surface area (Å²) in [6, 6.07) is 8.94. The van der Waals surface area contributed by atoms with Crippen LogP contribution in [0.15, 0.2) is 36.5 Å². The number of amides is 1. The van der Waals surface area contributed by atoms with Crippen LogP contribution >= 0.6 is 11.6 Å². The number of rotatable bonds is 1. The average Bonchev–Trinajstić information content (AvgIpc) is 2.59. The van der Waals surface area contributed by atoms with Crippen LogP contribution in [-0.2, 0) is 4.74 Å². The zero-order chi connectivity index (χ0) is 17.9. The third-order valence-electron chi connectivity index (χ3n) is 3.90. The van der Waals surface area contributed by atoms with Gasteiger partial charge >= 0.3 is 0 Å². The number of nitrogens with zero attached hydrogens (tertiary/aromatic N) is 3. The van der Waals surface area contributed by atoms with Crippen LogP contribution in [0.4, 0.5) is 0 Å². The molecular formula is C19H18ClN3O2.